The molecule has 0 aliphatic carbocycles. The van der Waals surface area contributed by atoms with Crippen LogP contribution in [0.4, 0.5) is 0 Å². The molecule has 20 heavy (non-hydrogen) atoms. The quantitative estimate of drug-likeness (QED) is 0.835. The van der Waals surface area contributed by atoms with Gasteiger partial charge in [0.25, 0.3) is 0 Å². The van der Waals surface area contributed by atoms with Crippen LogP contribution in [0.1, 0.15) is 37.6 Å². The van der Waals surface area contributed by atoms with E-state index in [4.69, 9.17) is 0 Å². The molecule has 0 amide bonds. The molecule has 1 aromatic carbocycles. The fourth-order valence-corrected chi connectivity index (χ4v) is 2.49. The molecule has 2 aromatic rings. The lowest BCUT2D eigenvalue weighted by Crippen LogP contribution is -2.21. The van der Waals surface area contributed by atoms with Gasteiger partial charge in [-0.2, -0.15) is 0 Å². The third-order valence-electron chi connectivity index (χ3n) is 3.83. The molecule has 2 nitrogen and oxygen atoms in total. The van der Waals surface area contributed by atoms with Crippen molar-refractivity contribution >= 4 is 10.9 Å². The average molecular weight is 268 g/mol. The molecule has 1 N–H and O–H groups in total. The van der Waals surface area contributed by atoms with E-state index in [2.05, 4.69) is 67.6 Å². The van der Waals surface area contributed by atoms with Crippen molar-refractivity contribution in [1.29, 1.82) is 0 Å². The number of fused-ring (bicyclic) bond motifs is 1. The van der Waals surface area contributed by atoms with Gasteiger partial charge in [-0.15, -0.1) is 5.92 Å². The Labute approximate surface area is 122 Å². The van der Waals surface area contributed by atoms with E-state index in [1.54, 1.807) is 0 Å². The van der Waals surface area contributed by atoms with Crippen LogP contribution in [0.5, 0.6) is 0 Å². The summed E-state index contributed by atoms with van der Waals surface area (Å²) >= 11 is 0. The lowest BCUT2D eigenvalue weighted by atomic mass is 10.1. The number of hydrogen-bond acceptors (Lipinski definition) is 1. The van der Waals surface area contributed by atoms with Gasteiger partial charge in [0, 0.05) is 29.2 Å². The third kappa shape index (κ3) is 2.89. The van der Waals surface area contributed by atoms with Gasteiger partial charge in [-0.25, -0.2) is 0 Å². The van der Waals surface area contributed by atoms with Gasteiger partial charge in [-0.05, 0) is 44.0 Å². The Kier molecular flexibility index (Phi) is 4.52. The Hall–Kier alpha value is -1.72. The van der Waals surface area contributed by atoms with Crippen LogP contribution in [-0.4, -0.2) is 10.6 Å². The van der Waals surface area contributed by atoms with Gasteiger partial charge in [0.2, 0.25) is 0 Å². The van der Waals surface area contributed by atoms with Crippen molar-refractivity contribution in [3.8, 4) is 11.8 Å². The van der Waals surface area contributed by atoms with Crippen LogP contribution in [0.25, 0.3) is 10.9 Å². The standard InChI is InChI=1S/C18H24N2/c1-6-7-10-20-15(5)14(4)17-11-16(8-9-18(17)20)12-19-13(2)3/h8-9,11,13,19H,10,12H2,1-5H3. The molecule has 0 aliphatic rings. The highest BCUT2D eigenvalue weighted by Gasteiger charge is 2.10. The summed E-state index contributed by atoms with van der Waals surface area (Å²) in [7, 11) is 0. The van der Waals surface area contributed by atoms with Gasteiger partial charge in [-0.3, -0.25) is 0 Å². The molecule has 2 rings (SSSR count). The summed E-state index contributed by atoms with van der Waals surface area (Å²) < 4.78 is 2.31. The Balaban J connectivity index is 2.42. The topological polar surface area (TPSA) is 17.0 Å². The van der Waals surface area contributed by atoms with Crippen LogP contribution in [0.2, 0.25) is 0 Å². The SMILES string of the molecule is CC#CCn1c(C)c(C)c2cc(CNC(C)C)ccc21. The van der Waals surface area contributed by atoms with E-state index >= 15 is 0 Å². The molecule has 106 valence electrons. The normalized spacial score (nSPS) is 10.9. The smallest absolute Gasteiger partial charge is 0.0840 e. The second-order valence-electron chi connectivity index (χ2n) is 5.61. The van der Waals surface area contributed by atoms with Crippen molar-refractivity contribution in [3.05, 3.63) is 35.0 Å². The maximum Gasteiger partial charge on any atom is 0.0840 e. The molecule has 0 unspecified atom stereocenters. The summed E-state index contributed by atoms with van der Waals surface area (Å²) in [6, 6.07) is 7.26. The molecular weight excluding hydrogens is 244 g/mol. The van der Waals surface area contributed by atoms with E-state index in [9.17, 15) is 0 Å². The minimum atomic E-state index is 0.512. The highest BCUT2D eigenvalue weighted by Crippen LogP contribution is 2.26. The second kappa shape index (κ2) is 6.15. The number of benzene rings is 1. The summed E-state index contributed by atoms with van der Waals surface area (Å²) in [5.74, 6) is 6.15. The van der Waals surface area contributed by atoms with Gasteiger partial charge in [0.15, 0.2) is 0 Å². The summed E-state index contributed by atoms with van der Waals surface area (Å²) in [6.07, 6.45) is 0. The fourth-order valence-electron chi connectivity index (χ4n) is 2.49. The molecule has 0 bridgehead atoms. The number of aryl methyl sites for hydroxylation is 1. The average Bonchev–Trinajstić information content (AvgIpc) is 2.67. The molecule has 0 atom stereocenters. The predicted molar refractivity (Wildman–Crippen MR) is 86.8 cm³/mol. The minimum absolute atomic E-state index is 0.512. The van der Waals surface area contributed by atoms with Crippen LogP contribution in [0, 0.1) is 25.7 Å². The van der Waals surface area contributed by atoms with Crippen molar-refractivity contribution < 1.29 is 0 Å². The Morgan fingerprint density at radius 2 is 2.00 bits per heavy atom. The molecule has 0 saturated heterocycles. The second-order valence-corrected chi connectivity index (χ2v) is 5.61. The summed E-state index contributed by atoms with van der Waals surface area (Å²) in [5.41, 5.74) is 5.31. The summed E-state index contributed by atoms with van der Waals surface area (Å²) in [4.78, 5) is 0. The summed E-state index contributed by atoms with van der Waals surface area (Å²) in [5, 5.41) is 4.82. The van der Waals surface area contributed by atoms with Crippen LogP contribution < -0.4 is 5.32 Å². The van der Waals surface area contributed by atoms with Gasteiger partial charge < -0.3 is 9.88 Å². The van der Waals surface area contributed by atoms with Gasteiger partial charge >= 0.3 is 0 Å². The van der Waals surface area contributed by atoms with Crippen LogP contribution in [-0.2, 0) is 13.1 Å². The van der Waals surface area contributed by atoms with E-state index in [1.165, 1.54) is 27.7 Å². The van der Waals surface area contributed by atoms with E-state index < -0.39 is 0 Å². The number of aromatic nitrogens is 1. The van der Waals surface area contributed by atoms with E-state index in [0.717, 1.165) is 13.1 Å². The first-order valence-electron chi connectivity index (χ1n) is 7.26. The highest BCUT2D eigenvalue weighted by molar-refractivity contribution is 5.86. The number of hydrogen-bond donors (Lipinski definition) is 1. The minimum Gasteiger partial charge on any atom is -0.333 e. The lowest BCUT2D eigenvalue weighted by Gasteiger charge is -2.08. The van der Waals surface area contributed by atoms with Crippen LogP contribution >= 0.6 is 0 Å². The largest absolute Gasteiger partial charge is 0.333 e. The van der Waals surface area contributed by atoms with E-state index in [1.807, 2.05) is 6.92 Å². The zero-order valence-corrected chi connectivity index (χ0v) is 13.2. The molecule has 2 heteroatoms. The first-order chi connectivity index (χ1) is 9.54. The van der Waals surface area contributed by atoms with Gasteiger partial charge in [-0.1, -0.05) is 25.8 Å². The molecular formula is C18H24N2. The number of nitrogens with one attached hydrogen (secondary N) is 1. The molecule has 0 fully saturated rings. The highest BCUT2D eigenvalue weighted by atomic mass is 15.0. The molecule has 0 saturated carbocycles. The predicted octanol–water partition coefficient (Wildman–Crippen LogP) is 3.78. The van der Waals surface area contributed by atoms with Crippen molar-refractivity contribution in [3.63, 3.8) is 0 Å². The zero-order chi connectivity index (χ0) is 14.7. The monoisotopic (exact) mass is 268 g/mol. The molecule has 0 aliphatic heterocycles. The Morgan fingerprint density at radius 1 is 1.25 bits per heavy atom. The molecule has 1 heterocycles. The first kappa shape index (κ1) is 14.7. The maximum atomic E-state index is 3.47. The van der Waals surface area contributed by atoms with Crippen molar-refractivity contribution in [2.45, 2.75) is 53.8 Å². The van der Waals surface area contributed by atoms with Crippen LogP contribution in [0.3, 0.4) is 0 Å². The van der Waals surface area contributed by atoms with Crippen molar-refractivity contribution in [2.24, 2.45) is 0 Å². The fraction of sp³-hybridized carbons (Fsp3) is 0.444. The Bertz CT molecular complexity index is 666. The van der Waals surface area contributed by atoms with Crippen molar-refractivity contribution in [1.82, 2.24) is 9.88 Å². The molecule has 0 spiro atoms. The van der Waals surface area contributed by atoms with Crippen molar-refractivity contribution in [2.75, 3.05) is 0 Å². The molecule has 1 aromatic heterocycles. The zero-order valence-electron chi connectivity index (χ0n) is 13.2. The van der Waals surface area contributed by atoms with Gasteiger partial charge in [0.05, 0.1) is 6.54 Å². The Morgan fingerprint density at radius 3 is 2.65 bits per heavy atom. The lowest BCUT2D eigenvalue weighted by molar-refractivity contribution is 0.589. The first-order valence-corrected chi connectivity index (χ1v) is 7.26. The number of rotatable bonds is 4. The van der Waals surface area contributed by atoms with E-state index in [-0.39, 0.29) is 0 Å². The number of nitrogens with zero attached hydrogens (tertiary/aromatic N) is 1. The summed E-state index contributed by atoms with van der Waals surface area (Å²) in [6.45, 7) is 12.3. The maximum absolute atomic E-state index is 3.47. The van der Waals surface area contributed by atoms with Gasteiger partial charge in [0.1, 0.15) is 0 Å². The van der Waals surface area contributed by atoms with E-state index in [0.29, 0.717) is 6.04 Å². The third-order valence-corrected chi connectivity index (χ3v) is 3.83. The molecule has 0 radical (unpaired) electrons. The van der Waals surface area contributed by atoms with Crippen LogP contribution in [0.15, 0.2) is 18.2 Å².